The first-order valence-electron chi connectivity index (χ1n) is 6.35. The number of hydrogen-bond donors (Lipinski definition) is 1. The minimum Gasteiger partial charge on any atom is -0.332 e. The Labute approximate surface area is 120 Å². The molecule has 1 aromatic carbocycles. The van der Waals surface area contributed by atoms with Crippen LogP contribution in [0.3, 0.4) is 0 Å². The van der Waals surface area contributed by atoms with E-state index in [0.29, 0.717) is 23.1 Å². The fraction of sp³-hybridized carbons (Fsp3) is 0.214. The third kappa shape index (κ3) is 2.30. The summed E-state index contributed by atoms with van der Waals surface area (Å²) in [4.78, 5) is 15.5. The van der Waals surface area contributed by atoms with Crippen molar-refractivity contribution in [1.29, 1.82) is 0 Å². The average Bonchev–Trinajstić information content (AvgIpc) is 2.84. The van der Waals surface area contributed by atoms with Crippen LogP contribution in [0.25, 0.3) is 10.9 Å². The number of para-hydroxylation sites is 1. The molecule has 5 nitrogen and oxygen atoms in total. The molecule has 0 atom stereocenters. The maximum atomic E-state index is 12.4. The first-order valence-corrected chi connectivity index (χ1v) is 6.76. The largest absolute Gasteiger partial charge is 0.332 e. The molecular weight excluding hydrogens is 272 g/mol. The van der Waals surface area contributed by atoms with Gasteiger partial charge in [-0.1, -0.05) is 12.1 Å². The number of hydrogen-bond acceptors (Lipinski definition) is 3. The van der Waals surface area contributed by atoms with Crippen molar-refractivity contribution in [3.05, 3.63) is 57.3 Å². The Bertz CT molecular complexity index is 875. The van der Waals surface area contributed by atoms with Crippen LogP contribution in [-0.2, 0) is 20.0 Å². The number of fused-ring (bicyclic) bond motifs is 1. The van der Waals surface area contributed by atoms with Crippen LogP contribution >= 0.6 is 12.2 Å². The number of benzene rings is 1. The maximum Gasteiger partial charge on any atom is 0.262 e. The topological polar surface area (TPSA) is 55.6 Å². The number of aromatic amines is 1. The van der Waals surface area contributed by atoms with Gasteiger partial charge in [0, 0.05) is 26.2 Å². The second-order valence-corrected chi connectivity index (χ2v) is 5.05. The predicted octanol–water partition coefficient (Wildman–Crippen LogP) is 2.04. The number of nitrogens with zero attached hydrogens (tertiary/aromatic N) is 3. The lowest BCUT2D eigenvalue weighted by Crippen LogP contribution is -2.23. The van der Waals surface area contributed by atoms with E-state index in [-0.39, 0.29) is 5.56 Å². The molecule has 1 N–H and O–H groups in total. The summed E-state index contributed by atoms with van der Waals surface area (Å²) in [7, 11) is 1.87. The first-order chi connectivity index (χ1) is 9.65. The van der Waals surface area contributed by atoms with Crippen LogP contribution in [0, 0.1) is 4.77 Å². The Balaban J connectivity index is 1.99. The molecule has 0 spiro atoms. The summed E-state index contributed by atoms with van der Waals surface area (Å²) < 4.78 is 3.79. The van der Waals surface area contributed by atoms with Crippen LogP contribution in [-0.4, -0.2) is 19.3 Å². The van der Waals surface area contributed by atoms with Crippen molar-refractivity contribution in [3.8, 4) is 0 Å². The Hall–Kier alpha value is -2.21. The number of nitrogens with one attached hydrogen (secondary N) is 1. The number of H-pyrrole nitrogens is 1. The molecule has 0 fully saturated rings. The van der Waals surface area contributed by atoms with Crippen LogP contribution in [0.15, 0.2) is 41.3 Å². The Morgan fingerprint density at radius 3 is 2.85 bits per heavy atom. The lowest BCUT2D eigenvalue weighted by molar-refractivity contribution is 0.633. The highest BCUT2D eigenvalue weighted by molar-refractivity contribution is 7.71. The molecule has 2 aromatic heterocycles. The molecule has 0 radical (unpaired) electrons. The van der Waals surface area contributed by atoms with Crippen LogP contribution in [0.4, 0.5) is 0 Å². The highest BCUT2D eigenvalue weighted by Crippen LogP contribution is 2.06. The standard InChI is InChI=1S/C14H14N4OS/c1-17-8-6-10(16-17)7-9-18-13(19)11-4-2-3-5-12(11)15-14(18)20/h2-6,8H,7,9H2,1H3,(H,15,20). The Morgan fingerprint density at radius 2 is 2.10 bits per heavy atom. The van der Waals surface area contributed by atoms with Gasteiger partial charge in [0.1, 0.15) is 0 Å². The van der Waals surface area contributed by atoms with Gasteiger partial charge in [0.25, 0.3) is 5.56 Å². The molecule has 3 rings (SSSR count). The van der Waals surface area contributed by atoms with Gasteiger partial charge in [-0.3, -0.25) is 14.0 Å². The smallest absolute Gasteiger partial charge is 0.262 e. The molecule has 6 heteroatoms. The normalized spacial score (nSPS) is 11.1. The average molecular weight is 286 g/mol. The molecule has 102 valence electrons. The van der Waals surface area contributed by atoms with E-state index >= 15 is 0 Å². The van der Waals surface area contributed by atoms with Crippen LogP contribution in [0.1, 0.15) is 5.69 Å². The summed E-state index contributed by atoms with van der Waals surface area (Å²) in [5, 5.41) is 4.96. The van der Waals surface area contributed by atoms with Crippen molar-refractivity contribution in [3.63, 3.8) is 0 Å². The minimum atomic E-state index is -0.0553. The zero-order valence-electron chi connectivity index (χ0n) is 11.0. The van der Waals surface area contributed by atoms with Crippen molar-refractivity contribution in [2.45, 2.75) is 13.0 Å². The number of aryl methyl sites for hydroxylation is 2. The molecule has 0 saturated carbocycles. The Kier molecular flexibility index (Phi) is 3.23. The van der Waals surface area contributed by atoms with Gasteiger partial charge in [-0.2, -0.15) is 5.10 Å². The molecule has 0 aliphatic carbocycles. The van der Waals surface area contributed by atoms with Gasteiger partial charge < -0.3 is 4.98 Å². The van der Waals surface area contributed by atoms with E-state index in [0.717, 1.165) is 11.2 Å². The predicted molar refractivity (Wildman–Crippen MR) is 80.3 cm³/mol. The van der Waals surface area contributed by atoms with E-state index in [4.69, 9.17) is 12.2 Å². The van der Waals surface area contributed by atoms with Crippen molar-refractivity contribution in [2.24, 2.45) is 7.05 Å². The minimum absolute atomic E-state index is 0.0553. The lowest BCUT2D eigenvalue weighted by Gasteiger charge is -2.06. The van der Waals surface area contributed by atoms with Crippen molar-refractivity contribution in [2.75, 3.05) is 0 Å². The molecule has 0 saturated heterocycles. The van der Waals surface area contributed by atoms with E-state index in [9.17, 15) is 4.79 Å². The molecule has 0 unspecified atom stereocenters. The van der Waals surface area contributed by atoms with Gasteiger partial charge in [-0.25, -0.2) is 0 Å². The molecule has 20 heavy (non-hydrogen) atoms. The highest BCUT2D eigenvalue weighted by atomic mass is 32.1. The van der Waals surface area contributed by atoms with Crippen LogP contribution in [0.5, 0.6) is 0 Å². The second-order valence-electron chi connectivity index (χ2n) is 4.66. The summed E-state index contributed by atoms with van der Waals surface area (Å²) in [6, 6.07) is 9.34. The van der Waals surface area contributed by atoms with Crippen molar-refractivity contribution < 1.29 is 0 Å². The molecule has 0 aliphatic rings. The lowest BCUT2D eigenvalue weighted by atomic mass is 10.2. The number of aromatic nitrogens is 4. The van der Waals surface area contributed by atoms with E-state index in [1.54, 1.807) is 15.3 Å². The summed E-state index contributed by atoms with van der Waals surface area (Å²) in [5.74, 6) is 0. The first kappa shape index (κ1) is 12.8. The van der Waals surface area contributed by atoms with Gasteiger partial charge in [-0.05, 0) is 30.4 Å². The molecule has 3 aromatic rings. The SMILES string of the molecule is Cn1ccc(CCn2c(=S)[nH]c3ccccc3c2=O)n1. The second kappa shape index (κ2) is 5.05. The van der Waals surface area contributed by atoms with E-state index in [2.05, 4.69) is 10.1 Å². The quantitative estimate of drug-likeness (QED) is 0.750. The van der Waals surface area contributed by atoms with E-state index in [1.165, 1.54) is 0 Å². The molecule has 0 amide bonds. The Morgan fingerprint density at radius 1 is 1.30 bits per heavy atom. The zero-order chi connectivity index (χ0) is 14.1. The summed E-state index contributed by atoms with van der Waals surface area (Å²) in [5.41, 5.74) is 1.67. The zero-order valence-corrected chi connectivity index (χ0v) is 11.9. The summed E-state index contributed by atoms with van der Waals surface area (Å²) in [6.07, 6.45) is 2.57. The van der Waals surface area contributed by atoms with Gasteiger partial charge in [-0.15, -0.1) is 0 Å². The molecule has 0 bridgehead atoms. The van der Waals surface area contributed by atoms with Gasteiger partial charge in [0.2, 0.25) is 0 Å². The summed E-state index contributed by atoms with van der Waals surface area (Å²) in [6.45, 7) is 0.524. The van der Waals surface area contributed by atoms with E-state index in [1.807, 2.05) is 37.5 Å². The molecular formula is C14H14N4OS. The summed E-state index contributed by atoms with van der Waals surface area (Å²) >= 11 is 5.27. The number of rotatable bonds is 3. The molecule has 2 heterocycles. The van der Waals surface area contributed by atoms with Gasteiger partial charge >= 0.3 is 0 Å². The van der Waals surface area contributed by atoms with Gasteiger partial charge in [0.05, 0.1) is 16.6 Å². The third-order valence-electron chi connectivity index (χ3n) is 3.25. The van der Waals surface area contributed by atoms with Crippen LogP contribution in [0.2, 0.25) is 0 Å². The van der Waals surface area contributed by atoms with Crippen LogP contribution < -0.4 is 5.56 Å². The van der Waals surface area contributed by atoms with Gasteiger partial charge in [0.15, 0.2) is 4.77 Å². The van der Waals surface area contributed by atoms with E-state index < -0.39 is 0 Å². The monoisotopic (exact) mass is 286 g/mol. The highest BCUT2D eigenvalue weighted by Gasteiger charge is 2.06. The fourth-order valence-corrected chi connectivity index (χ4v) is 2.51. The maximum absolute atomic E-state index is 12.4. The van der Waals surface area contributed by atoms with Crippen molar-refractivity contribution >= 4 is 23.1 Å². The molecule has 0 aliphatic heterocycles. The fourth-order valence-electron chi connectivity index (χ4n) is 2.22. The van der Waals surface area contributed by atoms with Crippen molar-refractivity contribution in [1.82, 2.24) is 19.3 Å². The third-order valence-corrected chi connectivity index (χ3v) is 3.57.